The molecule has 0 bridgehead atoms. The minimum Gasteiger partial charge on any atom is -0.347 e. The van der Waals surface area contributed by atoms with Gasteiger partial charge in [0.25, 0.3) is 0 Å². The maximum Gasteiger partial charge on any atom is 0.245 e. The number of anilines is 1. The lowest BCUT2D eigenvalue weighted by Gasteiger charge is -2.40. The summed E-state index contributed by atoms with van der Waals surface area (Å²) in [6.45, 7) is 5.10. The first-order valence-electron chi connectivity index (χ1n) is 12.6. The molecule has 3 aliphatic rings. The van der Waals surface area contributed by atoms with Gasteiger partial charge >= 0.3 is 0 Å². The van der Waals surface area contributed by atoms with Gasteiger partial charge in [-0.05, 0) is 24.5 Å². The Balaban J connectivity index is 1.31. The van der Waals surface area contributed by atoms with Crippen LogP contribution < -0.4 is 4.90 Å². The minimum absolute atomic E-state index is 0.00219. The number of rotatable bonds is 5. The molecule has 1 saturated heterocycles. The van der Waals surface area contributed by atoms with Gasteiger partial charge in [-0.3, -0.25) is 19.4 Å². The van der Waals surface area contributed by atoms with Crippen molar-refractivity contribution in [3.8, 4) is 0 Å². The predicted molar refractivity (Wildman–Crippen MR) is 129 cm³/mol. The highest BCUT2D eigenvalue weighted by Gasteiger charge is 2.38. The molecule has 2 aliphatic heterocycles. The zero-order valence-electron chi connectivity index (χ0n) is 20.0. The van der Waals surface area contributed by atoms with Gasteiger partial charge in [0, 0.05) is 71.4 Å². The van der Waals surface area contributed by atoms with Crippen LogP contribution in [0.1, 0.15) is 56.9 Å². The smallest absolute Gasteiger partial charge is 0.245 e. The van der Waals surface area contributed by atoms with Crippen LogP contribution in [0.4, 0.5) is 5.69 Å². The van der Waals surface area contributed by atoms with E-state index in [0.29, 0.717) is 12.8 Å². The first kappa shape index (κ1) is 23.2. The van der Waals surface area contributed by atoms with Crippen LogP contribution in [-0.2, 0) is 16.0 Å². The second kappa shape index (κ2) is 10.8. The Morgan fingerprint density at radius 1 is 0.938 bits per heavy atom. The Morgan fingerprint density at radius 3 is 2.28 bits per heavy atom. The van der Waals surface area contributed by atoms with Gasteiger partial charge in [-0.15, -0.1) is 0 Å². The highest BCUT2D eigenvalue weighted by Crippen LogP contribution is 2.33. The van der Waals surface area contributed by atoms with Crippen molar-refractivity contribution in [1.82, 2.24) is 14.7 Å². The van der Waals surface area contributed by atoms with Crippen molar-refractivity contribution >= 4 is 17.5 Å². The van der Waals surface area contributed by atoms with Gasteiger partial charge in [-0.1, -0.05) is 50.3 Å². The maximum absolute atomic E-state index is 13.3. The number of nitrogens with zero attached hydrogens (tertiary/aromatic N) is 4. The van der Waals surface area contributed by atoms with Gasteiger partial charge < -0.3 is 9.80 Å². The van der Waals surface area contributed by atoms with E-state index in [0.717, 1.165) is 50.0 Å². The number of hydrogen-bond acceptors (Lipinski definition) is 4. The molecule has 176 valence electrons. The van der Waals surface area contributed by atoms with Crippen LogP contribution in [0.2, 0.25) is 0 Å². The molecule has 2 amide bonds. The summed E-state index contributed by atoms with van der Waals surface area (Å²) in [7, 11) is 3.53. The van der Waals surface area contributed by atoms with Crippen LogP contribution >= 0.6 is 0 Å². The lowest BCUT2D eigenvalue weighted by atomic mass is 9.95. The number of benzene rings is 1. The van der Waals surface area contributed by atoms with Gasteiger partial charge in [0.1, 0.15) is 6.04 Å². The fraction of sp³-hybridized carbons (Fsp3) is 0.692. The molecule has 1 saturated carbocycles. The van der Waals surface area contributed by atoms with E-state index in [9.17, 15) is 9.59 Å². The van der Waals surface area contributed by atoms with Crippen LogP contribution in [0, 0.1) is 0 Å². The van der Waals surface area contributed by atoms with Crippen molar-refractivity contribution in [2.45, 2.75) is 69.9 Å². The van der Waals surface area contributed by atoms with Crippen LogP contribution in [0.3, 0.4) is 0 Å². The second-order valence-corrected chi connectivity index (χ2v) is 9.97. The molecule has 0 spiro atoms. The van der Waals surface area contributed by atoms with Crippen molar-refractivity contribution in [2.24, 2.45) is 0 Å². The quantitative estimate of drug-likeness (QED) is 0.706. The Morgan fingerprint density at radius 2 is 1.59 bits per heavy atom. The highest BCUT2D eigenvalue weighted by atomic mass is 16.2. The van der Waals surface area contributed by atoms with Crippen molar-refractivity contribution in [3.63, 3.8) is 0 Å². The molecule has 0 radical (unpaired) electrons. The molecule has 1 aromatic carbocycles. The summed E-state index contributed by atoms with van der Waals surface area (Å²) >= 11 is 0. The lowest BCUT2D eigenvalue weighted by Crippen LogP contribution is -2.51. The Kier molecular flexibility index (Phi) is 7.84. The summed E-state index contributed by atoms with van der Waals surface area (Å²) in [5.41, 5.74) is 2.00. The summed E-state index contributed by atoms with van der Waals surface area (Å²) in [5, 5.41) is 0. The number of para-hydroxylation sites is 1. The number of hydrogen-bond donors (Lipinski definition) is 0. The predicted octanol–water partition coefficient (Wildman–Crippen LogP) is 3.15. The van der Waals surface area contributed by atoms with Crippen molar-refractivity contribution in [3.05, 3.63) is 29.8 Å². The molecule has 0 N–H and O–H groups in total. The fourth-order valence-electron chi connectivity index (χ4n) is 5.72. The van der Waals surface area contributed by atoms with E-state index in [1.165, 1.54) is 44.9 Å². The van der Waals surface area contributed by atoms with Crippen molar-refractivity contribution in [2.75, 3.05) is 51.7 Å². The van der Waals surface area contributed by atoms with Gasteiger partial charge in [0.05, 0.1) is 0 Å². The summed E-state index contributed by atoms with van der Waals surface area (Å²) in [6.07, 6.45) is 10.8. The molecule has 1 atom stereocenters. The third-order valence-corrected chi connectivity index (χ3v) is 7.61. The van der Waals surface area contributed by atoms with Crippen LogP contribution in [0.5, 0.6) is 0 Å². The van der Waals surface area contributed by atoms with E-state index in [4.69, 9.17) is 0 Å². The third kappa shape index (κ3) is 5.34. The molecular formula is C26H40N4O2. The first-order chi connectivity index (χ1) is 15.5. The topological polar surface area (TPSA) is 47.1 Å². The maximum atomic E-state index is 13.3. The molecule has 32 heavy (non-hydrogen) atoms. The molecular weight excluding hydrogens is 400 g/mol. The molecule has 1 aromatic rings. The monoisotopic (exact) mass is 440 g/mol. The zero-order valence-corrected chi connectivity index (χ0v) is 20.0. The average molecular weight is 441 g/mol. The minimum atomic E-state index is -0.411. The number of amides is 2. The zero-order chi connectivity index (χ0) is 22.5. The summed E-state index contributed by atoms with van der Waals surface area (Å²) < 4.78 is 0. The Bertz CT molecular complexity index is 780. The number of carbonyl (C=O) groups is 2. The normalized spacial score (nSPS) is 23.4. The van der Waals surface area contributed by atoms with Crippen molar-refractivity contribution in [1.29, 1.82) is 0 Å². The van der Waals surface area contributed by atoms with Crippen LogP contribution in [0.25, 0.3) is 0 Å². The van der Waals surface area contributed by atoms with E-state index in [2.05, 4.69) is 9.80 Å². The van der Waals surface area contributed by atoms with Gasteiger partial charge in [0.2, 0.25) is 11.8 Å². The third-order valence-electron chi connectivity index (χ3n) is 7.61. The van der Waals surface area contributed by atoms with Crippen LogP contribution in [0.15, 0.2) is 24.3 Å². The molecule has 2 fully saturated rings. The summed E-state index contributed by atoms with van der Waals surface area (Å²) in [6, 6.07) is 8.30. The second-order valence-electron chi connectivity index (χ2n) is 9.97. The average Bonchev–Trinajstić information content (AvgIpc) is 3.17. The van der Waals surface area contributed by atoms with Crippen LogP contribution in [-0.4, -0.2) is 85.4 Å². The highest BCUT2D eigenvalue weighted by molar-refractivity contribution is 6.03. The number of likely N-dealkylation sites (N-methyl/N-ethyl adjacent to an activating group) is 1. The van der Waals surface area contributed by atoms with Gasteiger partial charge in [-0.2, -0.15) is 0 Å². The van der Waals surface area contributed by atoms with E-state index in [-0.39, 0.29) is 11.8 Å². The number of piperazine rings is 1. The molecule has 1 unspecified atom stereocenters. The van der Waals surface area contributed by atoms with E-state index in [1.807, 2.05) is 24.3 Å². The molecule has 4 rings (SSSR count). The Hall–Kier alpha value is -1.92. The molecule has 1 aliphatic carbocycles. The molecule has 6 nitrogen and oxygen atoms in total. The first-order valence-corrected chi connectivity index (χ1v) is 12.6. The summed E-state index contributed by atoms with van der Waals surface area (Å²) in [4.78, 5) is 34.6. The SMILES string of the molecule is CN(C)C(=O)C1Cc2ccccc2N1C(=O)CCN1CCN(C2CCCCCCC2)CC1. The lowest BCUT2D eigenvalue weighted by molar-refractivity contribution is -0.132. The Labute approximate surface area is 193 Å². The number of fused-ring (bicyclic) bond motifs is 1. The molecule has 2 heterocycles. The van der Waals surface area contributed by atoms with Gasteiger partial charge in [0.15, 0.2) is 0 Å². The van der Waals surface area contributed by atoms with E-state index in [1.54, 1.807) is 23.9 Å². The molecule has 6 heteroatoms. The fourth-order valence-corrected chi connectivity index (χ4v) is 5.72. The largest absolute Gasteiger partial charge is 0.347 e. The number of carbonyl (C=O) groups excluding carboxylic acids is 2. The van der Waals surface area contributed by atoms with E-state index < -0.39 is 6.04 Å². The standard InChI is InChI=1S/C26H40N4O2/c1-27(2)26(32)24-20-21-10-8-9-13-23(21)30(24)25(31)14-15-28-16-18-29(19-17-28)22-11-6-4-3-5-7-12-22/h8-10,13,22,24H,3-7,11-12,14-20H2,1-2H3. The van der Waals surface area contributed by atoms with E-state index >= 15 is 0 Å². The molecule has 0 aromatic heterocycles. The summed E-state index contributed by atoms with van der Waals surface area (Å²) in [5.74, 6) is 0.0694. The van der Waals surface area contributed by atoms with Crippen molar-refractivity contribution < 1.29 is 9.59 Å². The van der Waals surface area contributed by atoms with Gasteiger partial charge in [-0.25, -0.2) is 0 Å².